The third-order valence-corrected chi connectivity index (χ3v) is 3.38. The van der Waals surface area contributed by atoms with E-state index in [-0.39, 0.29) is 11.7 Å². The molecule has 0 saturated carbocycles. The van der Waals surface area contributed by atoms with Crippen molar-refractivity contribution < 1.29 is 9.18 Å². The maximum absolute atomic E-state index is 13.6. The van der Waals surface area contributed by atoms with E-state index < -0.39 is 11.9 Å². The van der Waals surface area contributed by atoms with Gasteiger partial charge in [0.1, 0.15) is 6.04 Å². The van der Waals surface area contributed by atoms with Crippen molar-refractivity contribution in [2.45, 2.75) is 25.8 Å². The quantitative estimate of drug-likeness (QED) is 0.931. The van der Waals surface area contributed by atoms with E-state index in [2.05, 4.69) is 26.2 Å². The first-order valence-electron chi connectivity index (χ1n) is 5.94. The third kappa shape index (κ3) is 2.98. The molecule has 1 amide bonds. The van der Waals surface area contributed by atoms with Crippen molar-refractivity contribution in [2.24, 2.45) is 0 Å². The van der Waals surface area contributed by atoms with E-state index in [0.29, 0.717) is 4.47 Å². The Morgan fingerprint density at radius 2 is 2.22 bits per heavy atom. The predicted octanol–water partition coefficient (Wildman–Crippen LogP) is 2.41. The van der Waals surface area contributed by atoms with Crippen molar-refractivity contribution in [2.75, 3.05) is 18.4 Å². The lowest BCUT2D eigenvalue weighted by Crippen LogP contribution is -2.39. The van der Waals surface area contributed by atoms with E-state index in [1.165, 1.54) is 12.3 Å². The number of hydrogen-bond donors (Lipinski definition) is 1. The molecule has 1 N–H and O–H groups in total. The van der Waals surface area contributed by atoms with Crippen molar-refractivity contribution in [3.05, 3.63) is 22.6 Å². The number of aromatic nitrogens is 1. The highest BCUT2D eigenvalue weighted by Crippen LogP contribution is 2.17. The Kier molecular flexibility index (Phi) is 4.16. The first-order valence-corrected chi connectivity index (χ1v) is 6.73. The molecule has 0 aliphatic carbocycles. The van der Waals surface area contributed by atoms with Crippen LogP contribution in [0, 0.1) is 5.82 Å². The fraction of sp³-hybridized carbons (Fsp3) is 0.500. The monoisotopic (exact) mass is 315 g/mol. The zero-order valence-corrected chi connectivity index (χ0v) is 11.7. The van der Waals surface area contributed by atoms with Gasteiger partial charge in [0.05, 0.1) is 0 Å². The lowest BCUT2D eigenvalue weighted by molar-refractivity contribution is -0.130. The van der Waals surface area contributed by atoms with Crippen molar-refractivity contribution >= 4 is 27.7 Å². The maximum Gasteiger partial charge on any atom is 0.244 e. The molecule has 1 saturated heterocycles. The molecule has 0 aromatic carbocycles. The number of likely N-dealkylation sites (tertiary alicyclic amines) is 1. The summed E-state index contributed by atoms with van der Waals surface area (Å²) in [5.74, 6) is -0.361. The average molecular weight is 316 g/mol. The van der Waals surface area contributed by atoms with Crippen LogP contribution in [0.2, 0.25) is 0 Å². The predicted molar refractivity (Wildman–Crippen MR) is 70.8 cm³/mol. The van der Waals surface area contributed by atoms with Gasteiger partial charge in [-0.1, -0.05) is 0 Å². The standard InChI is InChI=1S/C12H15BrFN3O/c1-8(12(18)17-4-2-3-5-17)16-11-10(14)6-9(13)7-15-11/h6-8H,2-5H2,1H3,(H,15,16). The van der Waals surface area contributed by atoms with Crippen LogP contribution in [0.1, 0.15) is 19.8 Å². The first-order chi connectivity index (χ1) is 8.58. The number of nitrogens with one attached hydrogen (secondary N) is 1. The Morgan fingerprint density at radius 3 is 2.83 bits per heavy atom. The number of halogens is 2. The summed E-state index contributed by atoms with van der Waals surface area (Å²) in [4.78, 5) is 17.8. The Balaban J connectivity index is 2.01. The molecule has 1 atom stereocenters. The Bertz CT molecular complexity index is 449. The summed E-state index contributed by atoms with van der Waals surface area (Å²) in [6, 6.07) is 0.855. The normalized spacial score (nSPS) is 16.7. The minimum Gasteiger partial charge on any atom is -0.356 e. The fourth-order valence-corrected chi connectivity index (χ4v) is 2.30. The molecule has 2 rings (SSSR count). The molecule has 6 heteroatoms. The van der Waals surface area contributed by atoms with Crippen LogP contribution in [0.4, 0.5) is 10.2 Å². The van der Waals surface area contributed by atoms with Gasteiger partial charge in [-0.2, -0.15) is 0 Å². The summed E-state index contributed by atoms with van der Waals surface area (Å²) in [5, 5.41) is 2.82. The zero-order chi connectivity index (χ0) is 13.1. The minimum atomic E-state index is -0.467. The number of rotatable bonds is 3. The molecule has 1 aliphatic rings. The van der Waals surface area contributed by atoms with E-state index in [4.69, 9.17) is 0 Å². The molecular formula is C12H15BrFN3O. The Labute approximate surface area is 114 Å². The van der Waals surface area contributed by atoms with Crippen LogP contribution in [0.25, 0.3) is 0 Å². The molecule has 18 heavy (non-hydrogen) atoms. The topological polar surface area (TPSA) is 45.2 Å². The summed E-state index contributed by atoms with van der Waals surface area (Å²) in [6.07, 6.45) is 3.59. The average Bonchev–Trinajstić information content (AvgIpc) is 2.85. The SMILES string of the molecule is CC(Nc1ncc(Br)cc1F)C(=O)N1CCCC1. The number of anilines is 1. The second-order valence-corrected chi connectivity index (χ2v) is 5.30. The van der Waals surface area contributed by atoms with Gasteiger partial charge < -0.3 is 10.2 Å². The van der Waals surface area contributed by atoms with E-state index in [1.807, 2.05) is 0 Å². The van der Waals surface area contributed by atoms with Crippen molar-refractivity contribution in [3.8, 4) is 0 Å². The number of carbonyl (C=O) groups is 1. The molecular weight excluding hydrogens is 301 g/mol. The van der Waals surface area contributed by atoms with Crippen LogP contribution < -0.4 is 5.32 Å². The van der Waals surface area contributed by atoms with Crippen LogP contribution in [0.15, 0.2) is 16.7 Å². The van der Waals surface area contributed by atoms with Gasteiger partial charge in [0, 0.05) is 23.8 Å². The highest BCUT2D eigenvalue weighted by molar-refractivity contribution is 9.10. The van der Waals surface area contributed by atoms with Gasteiger partial charge in [-0.15, -0.1) is 0 Å². The van der Waals surface area contributed by atoms with Gasteiger partial charge in [-0.25, -0.2) is 9.37 Å². The lowest BCUT2D eigenvalue weighted by Gasteiger charge is -2.21. The van der Waals surface area contributed by atoms with E-state index >= 15 is 0 Å². The third-order valence-electron chi connectivity index (χ3n) is 2.95. The molecule has 1 aliphatic heterocycles. The molecule has 0 radical (unpaired) electrons. The highest BCUT2D eigenvalue weighted by Gasteiger charge is 2.23. The maximum atomic E-state index is 13.6. The first kappa shape index (κ1) is 13.3. The van der Waals surface area contributed by atoms with Gasteiger partial charge >= 0.3 is 0 Å². The molecule has 0 bridgehead atoms. The van der Waals surface area contributed by atoms with Gasteiger partial charge in [0.2, 0.25) is 5.91 Å². The molecule has 1 aromatic heterocycles. The second kappa shape index (κ2) is 5.65. The molecule has 1 aromatic rings. The summed E-state index contributed by atoms with van der Waals surface area (Å²) >= 11 is 3.14. The Hall–Kier alpha value is -1.17. The molecule has 4 nitrogen and oxygen atoms in total. The van der Waals surface area contributed by atoms with Gasteiger partial charge in [0.25, 0.3) is 0 Å². The minimum absolute atomic E-state index is 0.00313. The summed E-state index contributed by atoms with van der Waals surface area (Å²) in [5.41, 5.74) is 0. The van der Waals surface area contributed by atoms with Crippen LogP contribution in [-0.2, 0) is 4.79 Å². The number of carbonyl (C=O) groups excluding carboxylic acids is 1. The van der Waals surface area contributed by atoms with E-state index in [9.17, 15) is 9.18 Å². The van der Waals surface area contributed by atoms with E-state index in [0.717, 1.165) is 25.9 Å². The van der Waals surface area contributed by atoms with Crippen LogP contribution >= 0.6 is 15.9 Å². The summed E-state index contributed by atoms with van der Waals surface area (Å²) in [6.45, 7) is 3.31. The Morgan fingerprint density at radius 1 is 1.56 bits per heavy atom. The second-order valence-electron chi connectivity index (χ2n) is 4.38. The van der Waals surface area contributed by atoms with Gasteiger partial charge in [-0.3, -0.25) is 4.79 Å². The van der Waals surface area contributed by atoms with E-state index in [1.54, 1.807) is 11.8 Å². The number of pyridine rings is 1. The molecule has 98 valence electrons. The molecule has 1 fully saturated rings. The van der Waals surface area contributed by atoms with Gasteiger partial charge in [-0.05, 0) is 41.8 Å². The van der Waals surface area contributed by atoms with Crippen molar-refractivity contribution in [3.63, 3.8) is 0 Å². The molecule has 2 heterocycles. The van der Waals surface area contributed by atoms with Crippen molar-refractivity contribution in [1.82, 2.24) is 9.88 Å². The number of hydrogen-bond acceptors (Lipinski definition) is 3. The molecule has 0 spiro atoms. The smallest absolute Gasteiger partial charge is 0.244 e. The van der Waals surface area contributed by atoms with Crippen molar-refractivity contribution in [1.29, 1.82) is 0 Å². The number of amides is 1. The summed E-state index contributed by atoms with van der Waals surface area (Å²) in [7, 11) is 0. The lowest BCUT2D eigenvalue weighted by atomic mass is 10.3. The molecule has 1 unspecified atom stereocenters. The van der Waals surface area contributed by atoms with Crippen LogP contribution in [0.5, 0.6) is 0 Å². The van der Waals surface area contributed by atoms with Crippen LogP contribution in [-0.4, -0.2) is 34.9 Å². The number of nitrogens with zero attached hydrogens (tertiary/aromatic N) is 2. The summed E-state index contributed by atoms with van der Waals surface area (Å²) < 4.78 is 14.1. The fourth-order valence-electron chi connectivity index (χ4n) is 2.00. The largest absolute Gasteiger partial charge is 0.356 e. The zero-order valence-electron chi connectivity index (χ0n) is 10.1. The highest BCUT2D eigenvalue weighted by atomic mass is 79.9. The van der Waals surface area contributed by atoms with Gasteiger partial charge in [0.15, 0.2) is 11.6 Å². The van der Waals surface area contributed by atoms with Crippen LogP contribution in [0.3, 0.4) is 0 Å².